The number of esters is 2. The number of hydrogen-bond donors (Lipinski definition) is 2. The third kappa shape index (κ3) is 36.8. The Labute approximate surface area is 307 Å². The largest absolute Gasteiger partial charge is 0.463 e. The monoisotopic (exact) mass is 701 g/mol. The van der Waals surface area contributed by atoms with Crippen LogP contribution in [0.25, 0.3) is 0 Å². The molecule has 0 aromatic carbocycles. The number of carbonyl (C=O) groups is 2. The van der Waals surface area contributed by atoms with Crippen LogP contribution in [-0.4, -0.2) is 47.6 Å². The average molecular weight is 701 g/mol. The van der Waals surface area contributed by atoms with Crippen LogP contribution in [0.15, 0.2) is 60.8 Å². The van der Waals surface area contributed by atoms with E-state index in [2.05, 4.69) is 56.4 Å². The summed E-state index contributed by atoms with van der Waals surface area (Å²) < 4.78 is 10.3. The van der Waals surface area contributed by atoms with E-state index in [1.807, 2.05) is 19.1 Å². The van der Waals surface area contributed by atoms with E-state index in [-0.39, 0.29) is 31.3 Å². The summed E-state index contributed by atoms with van der Waals surface area (Å²) in [5.74, 6) is 0.247. The first-order valence-electron chi connectivity index (χ1n) is 20.3. The van der Waals surface area contributed by atoms with E-state index < -0.39 is 6.10 Å². The van der Waals surface area contributed by atoms with Crippen LogP contribution >= 0.6 is 0 Å². The molecule has 0 aromatic heterocycles. The van der Waals surface area contributed by atoms with Gasteiger partial charge in [-0.1, -0.05) is 178 Å². The number of carbonyl (C=O) groups excluding carboxylic acids is 2. The first kappa shape index (κ1) is 47.6. The summed E-state index contributed by atoms with van der Waals surface area (Å²) in [5, 5.41) is 19.4. The van der Waals surface area contributed by atoms with Crippen molar-refractivity contribution >= 4 is 11.9 Å². The predicted octanol–water partition coefficient (Wildman–Crippen LogP) is 11.6. The summed E-state index contributed by atoms with van der Waals surface area (Å²) in [7, 11) is 0. The normalized spacial score (nSPS) is 14.1. The Balaban J connectivity index is 3.55. The van der Waals surface area contributed by atoms with Crippen molar-refractivity contribution in [1.29, 1.82) is 0 Å². The maximum Gasteiger partial charge on any atom is 0.305 e. The van der Waals surface area contributed by atoms with Gasteiger partial charge in [0.15, 0.2) is 0 Å². The van der Waals surface area contributed by atoms with E-state index in [9.17, 15) is 19.8 Å². The molecule has 0 fully saturated rings. The molecule has 0 aliphatic rings. The van der Waals surface area contributed by atoms with Crippen molar-refractivity contribution in [3.63, 3.8) is 0 Å². The van der Waals surface area contributed by atoms with Crippen LogP contribution in [0.3, 0.4) is 0 Å². The van der Waals surface area contributed by atoms with Gasteiger partial charge in [0, 0.05) is 12.8 Å². The fourth-order valence-electron chi connectivity index (χ4n) is 5.34. The molecule has 6 heteroatoms. The lowest BCUT2D eigenvalue weighted by Gasteiger charge is -2.12. The molecule has 0 aromatic rings. The molecular weight excluding hydrogens is 624 g/mol. The van der Waals surface area contributed by atoms with Gasteiger partial charge < -0.3 is 19.7 Å². The topological polar surface area (TPSA) is 93.1 Å². The molecule has 0 aliphatic heterocycles. The van der Waals surface area contributed by atoms with Crippen LogP contribution in [0.4, 0.5) is 0 Å². The van der Waals surface area contributed by atoms with Gasteiger partial charge in [-0.3, -0.25) is 9.59 Å². The molecule has 0 bridgehead atoms. The van der Waals surface area contributed by atoms with E-state index in [1.165, 1.54) is 83.5 Å². The molecule has 3 atom stereocenters. The van der Waals surface area contributed by atoms with Crippen LogP contribution in [0, 0.1) is 5.92 Å². The van der Waals surface area contributed by atoms with Gasteiger partial charge in [0.2, 0.25) is 0 Å². The van der Waals surface area contributed by atoms with Gasteiger partial charge in [-0.2, -0.15) is 0 Å². The Hall–Kier alpha value is -2.44. The molecule has 0 amide bonds. The van der Waals surface area contributed by atoms with Crippen molar-refractivity contribution in [2.24, 2.45) is 5.92 Å². The number of rotatable bonds is 35. The number of unbranched alkanes of at least 4 members (excludes halogenated alkanes) is 14. The van der Waals surface area contributed by atoms with Gasteiger partial charge in [0.1, 0.15) is 19.3 Å². The van der Waals surface area contributed by atoms with Gasteiger partial charge in [-0.05, 0) is 50.9 Å². The van der Waals surface area contributed by atoms with Crippen LogP contribution in [0.2, 0.25) is 0 Å². The van der Waals surface area contributed by atoms with Crippen molar-refractivity contribution in [3.8, 4) is 0 Å². The number of ether oxygens (including phenoxy) is 2. The molecule has 0 aliphatic carbocycles. The second kappa shape index (κ2) is 37.8. The van der Waals surface area contributed by atoms with E-state index in [1.54, 1.807) is 6.08 Å². The minimum absolute atomic E-state index is 0.143. The lowest BCUT2D eigenvalue weighted by Crippen LogP contribution is -2.25. The zero-order valence-electron chi connectivity index (χ0n) is 32.4. The molecule has 1 unspecified atom stereocenters. The lowest BCUT2D eigenvalue weighted by molar-refractivity contribution is -0.152. The van der Waals surface area contributed by atoms with Crippen molar-refractivity contribution in [2.75, 3.05) is 13.2 Å². The Bertz CT molecular complexity index is 917. The molecule has 288 valence electrons. The second-order valence-electron chi connectivity index (χ2n) is 13.8. The summed E-state index contributed by atoms with van der Waals surface area (Å²) in [6.45, 7) is 6.31. The minimum Gasteiger partial charge on any atom is -0.463 e. The molecule has 2 N–H and O–H groups in total. The molecule has 6 nitrogen and oxygen atoms in total. The highest BCUT2D eigenvalue weighted by Crippen LogP contribution is 2.16. The van der Waals surface area contributed by atoms with E-state index in [0.717, 1.165) is 57.3 Å². The van der Waals surface area contributed by atoms with Crippen LogP contribution in [0.5, 0.6) is 0 Å². The second-order valence-corrected chi connectivity index (χ2v) is 13.8. The molecule has 0 rings (SSSR count). The number of aliphatic hydroxyl groups excluding tert-OH is 2. The summed E-state index contributed by atoms with van der Waals surface area (Å²) in [5.41, 5.74) is 0. The molecule has 0 saturated carbocycles. The Morgan fingerprint density at radius 2 is 0.980 bits per heavy atom. The predicted molar refractivity (Wildman–Crippen MR) is 211 cm³/mol. The fraction of sp³-hybridized carbons (Fsp3) is 0.727. The van der Waals surface area contributed by atoms with Gasteiger partial charge in [0.05, 0.1) is 6.10 Å². The molecule has 0 heterocycles. The molecule has 0 spiro atoms. The SMILES string of the molecule is CCC(C)CCCCCCCCCCCCCCCCC(=O)OC[C@H](O)COC(=O)CCC/C=C\C/C=C\C/C=C\C/C=C\C=C\[C@@H](O)CC. The van der Waals surface area contributed by atoms with Gasteiger partial charge in [-0.15, -0.1) is 0 Å². The zero-order chi connectivity index (χ0) is 36.8. The van der Waals surface area contributed by atoms with Crippen molar-refractivity contribution in [3.05, 3.63) is 60.8 Å². The summed E-state index contributed by atoms with van der Waals surface area (Å²) in [6, 6.07) is 0. The highest BCUT2D eigenvalue weighted by atomic mass is 16.6. The van der Waals surface area contributed by atoms with E-state index >= 15 is 0 Å². The third-order valence-electron chi connectivity index (χ3n) is 8.97. The average Bonchev–Trinajstić information content (AvgIpc) is 3.12. The Kier molecular flexibility index (Phi) is 36.0. The Morgan fingerprint density at radius 3 is 1.48 bits per heavy atom. The van der Waals surface area contributed by atoms with Crippen LogP contribution < -0.4 is 0 Å². The maximum absolute atomic E-state index is 12.0. The van der Waals surface area contributed by atoms with E-state index in [4.69, 9.17) is 9.47 Å². The first-order chi connectivity index (χ1) is 24.4. The third-order valence-corrected chi connectivity index (χ3v) is 8.97. The number of hydrogen-bond acceptors (Lipinski definition) is 6. The van der Waals surface area contributed by atoms with Crippen molar-refractivity contribution < 1.29 is 29.3 Å². The van der Waals surface area contributed by atoms with E-state index in [0.29, 0.717) is 19.3 Å². The smallest absolute Gasteiger partial charge is 0.305 e. The van der Waals surface area contributed by atoms with Gasteiger partial charge in [0.25, 0.3) is 0 Å². The first-order valence-corrected chi connectivity index (χ1v) is 20.3. The maximum atomic E-state index is 12.0. The minimum atomic E-state index is -0.997. The standard InChI is InChI=1S/C44H76O6/c1-4-40(3)34-30-26-22-18-14-10-6-8-12-16-20-24-28-32-36-43(47)49-38-42(46)39-50-44(48)37-33-29-25-21-17-13-9-7-11-15-19-23-27-31-35-41(45)5-2/h9,11,13,15,21,23,25,27,31,35,40-42,45-46H,4-8,10,12,14,16-20,22,24,26,28-30,32-34,36-39H2,1-3H3/b13-9-,15-11-,25-21-,27-23-,35-31+/t40?,41-,42-/m0/s1. The Morgan fingerprint density at radius 1 is 0.540 bits per heavy atom. The molecule has 50 heavy (non-hydrogen) atoms. The number of aliphatic hydroxyl groups is 2. The number of allylic oxidation sites excluding steroid dienone is 9. The highest BCUT2D eigenvalue weighted by molar-refractivity contribution is 5.69. The molecule has 0 saturated heterocycles. The fourth-order valence-corrected chi connectivity index (χ4v) is 5.34. The lowest BCUT2D eigenvalue weighted by atomic mass is 9.99. The quantitative estimate of drug-likeness (QED) is 0.0296. The highest BCUT2D eigenvalue weighted by Gasteiger charge is 2.12. The van der Waals surface area contributed by atoms with Crippen LogP contribution in [0.1, 0.15) is 175 Å². The molecular formula is C44H76O6. The van der Waals surface area contributed by atoms with Crippen molar-refractivity contribution in [1.82, 2.24) is 0 Å². The summed E-state index contributed by atoms with van der Waals surface area (Å²) in [6.07, 6.45) is 45.1. The van der Waals surface area contributed by atoms with Gasteiger partial charge >= 0.3 is 11.9 Å². The summed E-state index contributed by atoms with van der Waals surface area (Å²) >= 11 is 0. The summed E-state index contributed by atoms with van der Waals surface area (Å²) in [4.78, 5) is 23.9. The molecule has 0 radical (unpaired) electrons. The van der Waals surface area contributed by atoms with Crippen LogP contribution in [-0.2, 0) is 19.1 Å². The zero-order valence-corrected chi connectivity index (χ0v) is 32.4. The van der Waals surface area contributed by atoms with Gasteiger partial charge in [-0.25, -0.2) is 0 Å². The van der Waals surface area contributed by atoms with Crippen molar-refractivity contribution in [2.45, 2.75) is 187 Å².